The van der Waals surface area contributed by atoms with E-state index in [2.05, 4.69) is 41.3 Å². The molecule has 2 heterocycles. The van der Waals surface area contributed by atoms with Crippen LogP contribution in [0.15, 0.2) is 28.7 Å². The Morgan fingerprint density at radius 1 is 1.38 bits per heavy atom. The molecular formula is C15H20BrN5. The maximum Gasteiger partial charge on any atom is 0.245 e. The van der Waals surface area contributed by atoms with E-state index in [9.17, 15) is 0 Å². The predicted octanol–water partition coefficient (Wildman–Crippen LogP) is 2.67. The Morgan fingerprint density at radius 3 is 2.90 bits per heavy atom. The summed E-state index contributed by atoms with van der Waals surface area (Å²) < 4.78 is 1.05. The van der Waals surface area contributed by atoms with Gasteiger partial charge in [0.15, 0.2) is 5.82 Å². The minimum atomic E-state index is 0.773. The molecule has 112 valence electrons. The molecule has 2 aromatic rings. The topological polar surface area (TPSA) is 56.8 Å². The third-order valence-corrected chi connectivity index (χ3v) is 4.46. The molecule has 0 saturated carbocycles. The summed E-state index contributed by atoms with van der Waals surface area (Å²) in [5, 5.41) is 10.7. The number of halogens is 1. The number of nitrogens with one attached hydrogen (secondary N) is 2. The van der Waals surface area contributed by atoms with E-state index in [1.165, 1.54) is 12.8 Å². The fourth-order valence-electron chi connectivity index (χ4n) is 2.79. The van der Waals surface area contributed by atoms with Gasteiger partial charge in [0.25, 0.3) is 0 Å². The first-order valence-electron chi connectivity index (χ1n) is 7.34. The number of hydrogen-bond acceptors (Lipinski definition) is 4. The predicted molar refractivity (Wildman–Crippen MR) is 88.4 cm³/mol. The molecule has 0 atom stereocenters. The van der Waals surface area contributed by atoms with Crippen molar-refractivity contribution in [3.05, 3.63) is 28.7 Å². The maximum absolute atomic E-state index is 4.64. The van der Waals surface area contributed by atoms with Gasteiger partial charge in [-0.15, -0.1) is 5.10 Å². The molecule has 0 unspecified atom stereocenters. The van der Waals surface area contributed by atoms with Crippen LogP contribution >= 0.6 is 15.9 Å². The summed E-state index contributed by atoms with van der Waals surface area (Å²) in [7, 11) is 2.02. The van der Waals surface area contributed by atoms with Crippen LogP contribution < -0.4 is 10.2 Å². The first kappa shape index (κ1) is 14.5. The van der Waals surface area contributed by atoms with Crippen LogP contribution in [0.4, 0.5) is 5.95 Å². The van der Waals surface area contributed by atoms with Gasteiger partial charge in [0.05, 0.1) is 0 Å². The zero-order chi connectivity index (χ0) is 14.7. The number of benzene rings is 1. The number of aromatic nitrogens is 3. The summed E-state index contributed by atoms with van der Waals surface area (Å²) in [5.41, 5.74) is 1.05. The van der Waals surface area contributed by atoms with E-state index in [-0.39, 0.29) is 0 Å². The van der Waals surface area contributed by atoms with E-state index in [4.69, 9.17) is 0 Å². The Labute approximate surface area is 133 Å². The van der Waals surface area contributed by atoms with Crippen molar-refractivity contribution < 1.29 is 0 Å². The van der Waals surface area contributed by atoms with Crippen LogP contribution in [0, 0.1) is 5.92 Å². The molecule has 1 fully saturated rings. The molecule has 0 bridgehead atoms. The SMILES string of the molecule is CNCC1CCN(c2n[nH]c(-c3cccc(Br)c3)n2)CC1. The molecule has 2 N–H and O–H groups in total. The highest BCUT2D eigenvalue weighted by Gasteiger charge is 2.21. The van der Waals surface area contributed by atoms with Crippen LogP contribution in [0.2, 0.25) is 0 Å². The third kappa shape index (κ3) is 3.44. The number of H-pyrrole nitrogens is 1. The van der Waals surface area contributed by atoms with Crippen LogP contribution in [-0.2, 0) is 0 Å². The molecule has 0 spiro atoms. The van der Waals surface area contributed by atoms with Crippen LogP contribution in [0.3, 0.4) is 0 Å². The van der Waals surface area contributed by atoms with Gasteiger partial charge in [-0.25, -0.2) is 0 Å². The van der Waals surface area contributed by atoms with Crippen molar-refractivity contribution in [2.24, 2.45) is 5.92 Å². The third-order valence-electron chi connectivity index (χ3n) is 3.96. The smallest absolute Gasteiger partial charge is 0.245 e. The van der Waals surface area contributed by atoms with Crippen molar-refractivity contribution in [2.45, 2.75) is 12.8 Å². The normalized spacial score (nSPS) is 16.4. The molecule has 21 heavy (non-hydrogen) atoms. The second-order valence-electron chi connectivity index (χ2n) is 5.48. The number of anilines is 1. The summed E-state index contributed by atoms with van der Waals surface area (Å²) in [6.45, 7) is 3.16. The zero-order valence-corrected chi connectivity index (χ0v) is 13.7. The van der Waals surface area contributed by atoms with Crippen molar-refractivity contribution in [2.75, 3.05) is 31.6 Å². The molecule has 3 rings (SSSR count). The second-order valence-corrected chi connectivity index (χ2v) is 6.40. The van der Waals surface area contributed by atoms with E-state index in [1.54, 1.807) is 0 Å². The van der Waals surface area contributed by atoms with Crippen LogP contribution in [0.1, 0.15) is 12.8 Å². The van der Waals surface area contributed by atoms with Crippen LogP contribution in [-0.4, -0.2) is 41.9 Å². The Morgan fingerprint density at radius 2 is 2.19 bits per heavy atom. The first-order valence-corrected chi connectivity index (χ1v) is 8.13. The second kappa shape index (κ2) is 6.58. The molecule has 1 aromatic heterocycles. The first-order chi connectivity index (χ1) is 10.3. The molecule has 0 amide bonds. The molecule has 1 aromatic carbocycles. The minimum Gasteiger partial charge on any atom is -0.340 e. The van der Waals surface area contributed by atoms with E-state index in [1.807, 2.05) is 31.3 Å². The largest absolute Gasteiger partial charge is 0.340 e. The highest BCUT2D eigenvalue weighted by atomic mass is 79.9. The van der Waals surface area contributed by atoms with E-state index in [0.717, 1.165) is 47.4 Å². The van der Waals surface area contributed by atoms with Gasteiger partial charge in [0.1, 0.15) is 0 Å². The number of nitrogens with zero attached hydrogens (tertiary/aromatic N) is 3. The van der Waals surface area contributed by atoms with Crippen LogP contribution in [0.5, 0.6) is 0 Å². The molecular weight excluding hydrogens is 330 g/mol. The van der Waals surface area contributed by atoms with E-state index in [0.29, 0.717) is 0 Å². The number of piperidine rings is 1. The standard InChI is InChI=1S/C15H20BrN5/c1-17-10-11-5-7-21(8-6-11)15-18-14(19-20-15)12-3-2-4-13(16)9-12/h2-4,9,11,17H,5-8,10H2,1H3,(H,18,19,20). The summed E-state index contributed by atoms with van der Waals surface area (Å²) in [6.07, 6.45) is 2.39. The van der Waals surface area contributed by atoms with Crippen LogP contribution in [0.25, 0.3) is 11.4 Å². The lowest BCUT2D eigenvalue weighted by Gasteiger charge is -2.30. The van der Waals surface area contributed by atoms with Crippen molar-refractivity contribution in [1.29, 1.82) is 0 Å². The summed E-state index contributed by atoms with van der Waals surface area (Å²) in [4.78, 5) is 6.91. The Balaban J connectivity index is 1.68. The van der Waals surface area contributed by atoms with Gasteiger partial charge in [-0.05, 0) is 44.5 Å². The average Bonchev–Trinajstić information content (AvgIpc) is 2.98. The van der Waals surface area contributed by atoms with Crippen molar-refractivity contribution in [3.8, 4) is 11.4 Å². The Kier molecular flexibility index (Phi) is 4.55. The van der Waals surface area contributed by atoms with Gasteiger partial charge in [0.2, 0.25) is 5.95 Å². The number of rotatable bonds is 4. The highest BCUT2D eigenvalue weighted by molar-refractivity contribution is 9.10. The van der Waals surface area contributed by atoms with Gasteiger partial charge in [0, 0.05) is 23.1 Å². The number of aromatic amines is 1. The molecule has 1 saturated heterocycles. The Hall–Kier alpha value is -1.40. The highest BCUT2D eigenvalue weighted by Crippen LogP contribution is 2.24. The van der Waals surface area contributed by atoms with Gasteiger partial charge in [-0.2, -0.15) is 4.98 Å². The Bertz CT molecular complexity index is 589. The lowest BCUT2D eigenvalue weighted by Crippen LogP contribution is -2.37. The van der Waals surface area contributed by atoms with Crippen molar-refractivity contribution in [3.63, 3.8) is 0 Å². The lowest BCUT2D eigenvalue weighted by molar-refractivity contribution is 0.391. The van der Waals surface area contributed by atoms with Crippen molar-refractivity contribution in [1.82, 2.24) is 20.5 Å². The summed E-state index contributed by atoms with van der Waals surface area (Å²) in [6, 6.07) is 8.09. The average molecular weight is 350 g/mol. The molecule has 1 aliphatic rings. The minimum absolute atomic E-state index is 0.773. The fraction of sp³-hybridized carbons (Fsp3) is 0.467. The van der Waals surface area contributed by atoms with Gasteiger partial charge >= 0.3 is 0 Å². The maximum atomic E-state index is 4.64. The van der Waals surface area contributed by atoms with E-state index >= 15 is 0 Å². The molecule has 0 aliphatic carbocycles. The van der Waals surface area contributed by atoms with Crippen molar-refractivity contribution >= 4 is 21.9 Å². The lowest BCUT2D eigenvalue weighted by atomic mass is 9.97. The fourth-order valence-corrected chi connectivity index (χ4v) is 3.18. The van der Waals surface area contributed by atoms with Gasteiger partial charge < -0.3 is 10.2 Å². The summed E-state index contributed by atoms with van der Waals surface area (Å²) in [5.74, 6) is 2.41. The number of hydrogen-bond donors (Lipinski definition) is 2. The quantitative estimate of drug-likeness (QED) is 0.890. The zero-order valence-electron chi connectivity index (χ0n) is 12.1. The molecule has 1 aliphatic heterocycles. The van der Waals surface area contributed by atoms with Gasteiger partial charge in [-0.1, -0.05) is 28.1 Å². The monoisotopic (exact) mass is 349 g/mol. The van der Waals surface area contributed by atoms with Gasteiger partial charge in [-0.3, -0.25) is 5.10 Å². The molecule has 6 heteroatoms. The molecule has 0 radical (unpaired) electrons. The van der Waals surface area contributed by atoms with E-state index < -0.39 is 0 Å². The molecule has 5 nitrogen and oxygen atoms in total. The summed E-state index contributed by atoms with van der Waals surface area (Å²) >= 11 is 3.49.